The summed E-state index contributed by atoms with van der Waals surface area (Å²) in [5.41, 5.74) is 2.70. The average Bonchev–Trinajstić information content (AvgIpc) is 3.03. The van der Waals surface area contributed by atoms with Gasteiger partial charge in [0.2, 0.25) is 0 Å². The van der Waals surface area contributed by atoms with Crippen molar-refractivity contribution in [1.82, 2.24) is 4.98 Å². The number of nitrogens with zero attached hydrogens (tertiary/aromatic N) is 2. The highest BCUT2D eigenvalue weighted by Crippen LogP contribution is 2.27. The van der Waals surface area contributed by atoms with Crippen LogP contribution in [0.5, 0.6) is 0 Å². The third-order valence-electron chi connectivity index (χ3n) is 3.74. The third kappa shape index (κ3) is 3.83. The summed E-state index contributed by atoms with van der Waals surface area (Å²) in [6, 6.07) is 12.5. The summed E-state index contributed by atoms with van der Waals surface area (Å²) in [7, 11) is 3.84. The molecule has 1 heterocycles. The maximum absolute atomic E-state index is 12.5. The Bertz CT molecular complexity index is 966. The molecule has 7 heteroatoms. The largest absolute Gasteiger partial charge is 0.462 e. The van der Waals surface area contributed by atoms with E-state index < -0.39 is 0 Å². The van der Waals surface area contributed by atoms with Gasteiger partial charge in [-0.25, -0.2) is 9.78 Å². The zero-order chi connectivity index (χ0) is 18.7. The lowest BCUT2D eigenvalue weighted by molar-refractivity contribution is 0.0526. The number of ether oxygens (including phenoxy) is 1. The van der Waals surface area contributed by atoms with Crippen molar-refractivity contribution in [3.05, 3.63) is 53.6 Å². The Balaban J connectivity index is 1.81. The van der Waals surface area contributed by atoms with Gasteiger partial charge in [-0.05, 0) is 43.3 Å². The van der Waals surface area contributed by atoms with E-state index in [0.29, 0.717) is 22.9 Å². The van der Waals surface area contributed by atoms with Crippen molar-refractivity contribution in [2.24, 2.45) is 0 Å². The van der Waals surface area contributed by atoms with E-state index in [1.54, 1.807) is 31.2 Å². The molecule has 0 aliphatic rings. The predicted molar refractivity (Wildman–Crippen MR) is 104 cm³/mol. The van der Waals surface area contributed by atoms with Crippen LogP contribution in [-0.2, 0) is 4.74 Å². The monoisotopic (exact) mass is 369 g/mol. The van der Waals surface area contributed by atoms with Crippen LogP contribution in [0.4, 0.5) is 10.8 Å². The smallest absolute Gasteiger partial charge is 0.338 e. The van der Waals surface area contributed by atoms with Gasteiger partial charge >= 0.3 is 5.97 Å². The zero-order valence-corrected chi connectivity index (χ0v) is 15.6. The number of rotatable bonds is 5. The van der Waals surface area contributed by atoms with Crippen LogP contribution in [0.25, 0.3) is 10.2 Å². The van der Waals surface area contributed by atoms with E-state index in [9.17, 15) is 9.59 Å². The van der Waals surface area contributed by atoms with Gasteiger partial charge < -0.3 is 9.64 Å². The first-order valence-electron chi connectivity index (χ1n) is 8.14. The predicted octanol–water partition coefficient (Wildman–Crippen LogP) is 3.79. The van der Waals surface area contributed by atoms with Gasteiger partial charge in [-0.1, -0.05) is 17.4 Å². The number of carbonyl (C=O) groups is 2. The zero-order valence-electron chi connectivity index (χ0n) is 14.8. The van der Waals surface area contributed by atoms with Crippen molar-refractivity contribution in [2.45, 2.75) is 6.92 Å². The molecule has 26 heavy (non-hydrogen) atoms. The van der Waals surface area contributed by atoms with E-state index in [1.165, 1.54) is 11.3 Å². The van der Waals surface area contributed by atoms with E-state index in [0.717, 1.165) is 15.9 Å². The number of fused-ring (bicyclic) bond motifs is 1. The maximum atomic E-state index is 12.5. The van der Waals surface area contributed by atoms with Gasteiger partial charge in [-0.15, -0.1) is 0 Å². The molecular weight excluding hydrogens is 350 g/mol. The van der Waals surface area contributed by atoms with Crippen molar-refractivity contribution < 1.29 is 14.3 Å². The van der Waals surface area contributed by atoms with E-state index in [2.05, 4.69) is 10.3 Å². The Labute approximate surface area is 155 Å². The molecule has 0 atom stereocenters. The van der Waals surface area contributed by atoms with Crippen LogP contribution in [0.3, 0.4) is 0 Å². The highest BCUT2D eigenvalue weighted by Gasteiger charge is 2.13. The minimum absolute atomic E-state index is 0.224. The lowest BCUT2D eigenvalue weighted by Crippen LogP contribution is -2.14. The number of benzene rings is 2. The molecule has 1 N–H and O–H groups in total. The number of anilines is 2. The van der Waals surface area contributed by atoms with Crippen LogP contribution >= 0.6 is 11.3 Å². The second kappa shape index (κ2) is 7.53. The third-order valence-corrected chi connectivity index (χ3v) is 4.68. The maximum Gasteiger partial charge on any atom is 0.338 e. The van der Waals surface area contributed by atoms with E-state index >= 15 is 0 Å². The molecule has 0 aliphatic heterocycles. The highest BCUT2D eigenvalue weighted by atomic mass is 32.1. The van der Waals surface area contributed by atoms with Crippen LogP contribution < -0.4 is 10.2 Å². The Morgan fingerprint density at radius 1 is 1.15 bits per heavy atom. The Morgan fingerprint density at radius 2 is 1.96 bits per heavy atom. The Morgan fingerprint density at radius 3 is 2.69 bits per heavy atom. The van der Waals surface area contributed by atoms with Gasteiger partial charge in [-0.3, -0.25) is 10.1 Å². The number of carbonyl (C=O) groups excluding carboxylic acids is 2. The molecule has 2 aromatic carbocycles. The molecule has 1 aromatic heterocycles. The van der Waals surface area contributed by atoms with E-state index in [-0.39, 0.29) is 11.9 Å². The molecule has 0 bridgehead atoms. The summed E-state index contributed by atoms with van der Waals surface area (Å²) >= 11 is 1.32. The number of thiazole rings is 1. The summed E-state index contributed by atoms with van der Waals surface area (Å²) in [4.78, 5) is 30.7. The van der Waals surface area contributed by atoms with Gasteiger partial charge in [0.1, 0.15) is 0 Å². The van der Waals surface area contributed by atoms with Crippen molar-refractivity contribution in [3.63, 3.8) is 0 Å². The molecule has 1 amide bonds. The standard InChI is InChI=1S/C19H19N3O3S/c1-4-25-18(24)13-8-9-15-16(11-13)26-19(20-15)21-17(23)12-6-5-7-14(10-12)22(2)3/h5-11H,4H2,1-3H3,(H,20,21,23). The van der Waals surface area contributed by atoms with Crippen LogP contribution in [-0.4, -0.2) is 37.6 Å². The van der Waals surface area contributed by atoms with Gasteiger partial charge in [0, 0.05) is 25.3 Å². The molecule has 0 spiro atoms. The molecular formula is C19H19N3O3S. The van der Waals surface area contributed by atoms with Gasteiger partial charge in [0.15, 0.2) is 5.13 Å². The number of nitrogens with one attached hydrogen (secondary N) is 1. The summed E-state index contributed by atoms with van der Waals surface area (Å²) < 4.78 is 5.82. The van der Waals surface area contributed by atoms with Crippen molar-refractivity contribution in [2.75, 3.05) is 30.9 Å². The van der Waals surface area contributed by atoms with Crippen LogP contribution in [0.1, 0.15) is 27.6 Å². The average molecular weight is 369 g/mol. The van der Waals surface area contributed by atoms with Crippen LogP contribution in [0.2, 0.25) is 0 Å². The van der Waals surface area contributed by atoms with Crippen LogP contribution in [0.15, 0.2) is 42.5 Å². The molecule has 3 rings (SSSR count). The molecule has 0 fully saturated rings. The molecule has 134 valence electrons. The first kappa shape index (κ1) is 17.9. The van der Waals surface area contributed by atoms with Gasteiger partial charge in [0.05, 0.1) is 22.4 Å². The molecule has 0 radical (unpaired) electrons. The van der Waals surface area contributed by atoms with Crippen molar-refractivity contribution >= 4 is 44.2 Å². The van der Waals surface area contributed by atoms with Gasteiger partial charge in [0.25, 0.3) is 5.91 Å². The lowest BCUT2D eigenvalue weighted by Gasteiger charge is -2.13. The first-order valence-corrected chi connectivity index (χ1v) is 8.96. The summed E-state index contributed by atoms with van der Waals surface area (Å²) in [6.45, 7) is 2.09. The molecule has 0 unspecified atom stereocenters. The summed E-state index contributed by atoms with van der Waals surface area (Å²) in [5, 5.41) is 3.31. The number of hydrogen-bond donors (Lipinski definition) is 1. The summed E-state index contributed by atoms with van der Waals surface area (Å²) in [5.74, 6) is -0.591. The number of hydrogen-bond acceptors (Lipinski definition) is 6. The molecule has 3 aromatic rings. The molecule has 0 aliphatic carbocycles. The van der Waals surface area contributed by atoms with E-state index in [4.69, 9.17) is 4.74 Å². The van der Waals surface area contributed by atoms with Crippen LogP contribution in [0, 0.1) is 0 Å². The SMILES string of the molecule is CCOC(=O)c1ccc2nc(NC(=O)c3cccc(N(C)C)c3)sc2c1. The first-order chi connectivity index (χ1) is 12.5. The van der Waals surface area contributed by atoms with Gasteiger partial charge in [-0.2, -0.15) is 0 Å². The Hall–Kier alpha value is -2.93. The number of amides is 1. The Kier molecular flexibility index (Phi) is 5.18. The molecule has 0 saturated carbocycles. The topological polar surface area (TPSA) is 71.5 Å². The second-order valence-corrected chi connectivity index (χ2v) is 6.85. The molecule has 0 saturated heterocycles. The minimum atomic E-state index is -0.367. The lowest BCUT2D eigenvalue weighted by atomic mass is 10.2. The normalized spacial score (nSPS) is 10.6. The fraction of sp³-hybridized carbons (Fsp3) is 0.211. The highest BCUT2D eigenvalue weighted by molar-refractivity contribution is 7.22. The summed E-state index contributed by atoms with van der Waals surface area (Å²) in [6.07, 6.45) is 0. The number of aromatic nitrogens is 1. The minimum Gasteiger partial charge on any atom is -0.462 e. The van der Waals surface area contributed by atoms with E-state index in [1.807, 2.05) is 37.2 Å². The molecule has 6 nitrogen and oxygen atoms in total. The van der Waals surface area contributed by atoms with Crippen molar-refractivity contribution in [3.8, 4) is 0 Å². The second-order valence-electron chi connectivity index (χ2n) is 5.82. The van der Waals surface area contributed by atoms with Crippen molar-refractivity contribution in [1.29, 1.82) is 0 Å². The fourth-order valence-electron chi connectivity index (χ4n) is 2.41. The quantitative estimate of drug-likeness (QED) is 0.693. The fourth-order valence-corrected chi connectivity index (χ4v) is 3.31. The number of esters is 1.